The molecule has 0 amide bonds. The maximum atomic E-state index is 13.6. The fourth-order valence-electron chi connectivity index (χ4n) is 3.86. The van der Waals surface area contributed by atoms with Crippen molar-refractivity contribution in [2.24, 2.45) is 0 Å². The Bertz CT molecular complexity index is 970. The standard InChI is InChI=1S/C27H33FO6/c1-18(2)25-16-23(33-13-12-32-11-10-31-3)17-26(19-4-6-20(28)7-5-19)24(25)9-8-22-14-21(29)15-27(30)34-22/h4-9,16-18,21-22,29H,10-15H2,1-3H3/t21-,22-/m1/s1. The molecule has 0 unspecified atom stereocenters. The zero-order valence-electron chi connectivity index (χ0n) is 20.0. The lowest BCUT2D eigenvalue weighted by Gasteiger charge is -2.24. The van der Waals surface area contributed by atoms with Gasteiger partial charge in [0.15, 0.2) is 0 Å². The highest BCUT2D eigenvalue weighted by Gasteiger charge is 2.25. The Morgan fingerprint density at radius 2 is 1.88 bits per heavy atom. The number of halogens is 1. The normalized spacial score (nSPS) is 18.5. The van der Waals surface area contributed by atoms with E-state index in [4.69, 9.17) is 18.9 Å². The summed E-state index contributed by atoms with van der Waals surface area (Å²) in [6, 6.07) is 10.2. The van der Waals surface area contributed by atoms with E-state index in [0.29, 0.717) is 38.6 Å². The van der Waals surface area contributed by atoms with Crippen LogP contribution in [-0.2, 0) is 19.0 Å². The van der Waals surface area contributed by atoms with Gasteiger partial charge in [-0.3, -0.25) is 4.79 Å². The van der Waals surface area contributed by atoms with Crippen LogP contribution in [0.15, 0.2) is 42.5 Å². The number of aliphatic hydroxyl groups excluding tert-OH is 1. The summed E-state index contributed by atoms with van der Waals surface area (Å²) < 4.78 is 35.4. The molecule has 0 spiro atoms. The van der Waals surface area contributed by atoms with Gasteiger partial charge in [-0.05, 0) is 58.5 Å². The number of aliphatic hydroxyl groups is 1. The Hall–Kier alpha value is -2.74. The topological polar surface area (TPSA) is 74.2 Å². The number of hydrogen-bond donors (Lipinski definition) is 1. The van der Waals surface area contributed by atoms with Crippen LogP contribution in [0.4, 0.5) is 4.39 Å². The Labute approximate surface area is 200 Å². The third-order valence-corrected chi connectivity index (χ3v) is 5.56. The molecule has 1 aliphatic heterocycles. The lowest BCUT2D eigenvalue weighted by atomic mass is 9.89. The van der Waals surface area contributed by atoms with Gasteiger partial charge in [0, 0.05) is 13.5 Å². The molecule has 2 aromatic carbocycles. The fourth-order valence-corrected chi connectivity index (χ4v) is 3.86. The van der Waals surface area contributed by atoms with E-state index in [1.807, 2.05) is 18.2 Å². The van der Waals surface area contributed by atoms with Crippen molar-refractivity contribution in [1.29, 1.82) is 0 Å². The first kappa shape index (κ1) is 25.9. The molecule has 0 radical (unpaired) electrons. The van der Waals surface area contributed by atoms with E-state index in [1.54, 1.807) is 25.3 Å². The van der Waals surface area contributed by atoms with Crippen LogP contribution in [0, 0.1) is 5.82 Å². The van der Waals surface area contributed by atoms with Gasteiger partial charge in [0.2, 0.25) is 0 Å². The summed E-state index contributed by atoms with van der Waals surface area (Å²) in [7, 11) is 1.63. The number of hydrogen-bond acceptors (Lipinski definition) is 6. The van der Waals surface area contributed by atoms with Crippen LogP contribution in [0.25, 0.3) is 17.2 Å². The van der Waals surface area contributed by atoms with Crippen molar-refractivity contribution in [2.45, 2.75) is 44.8 Å². The molecule has 0 bridgehead atoms. The first-order valence-corrected chi connectivity index (χ1v) is 11.6. The SMILES string of the molecule is COCCOCCOc1cc(-c2ccc(F)cc2)c(C=C[C@@H]2C[C@@H](O)CC(=O)O2)c(C(C)C)c1. The molecular formula is C27H33FO6. The number of carbonyl (C=O) groups is 1. The van der Waals surface area contributed by atoms with Gasteiger partial charge in [0.25, 0.3) is 0 Å². The van der Waals surface area contributed by atoms with Gasteiger partial charge in [-0.2, -0.15) is 0 Å². The van der Waals surface area contributed by atoms with Crippen molar-refractivity contribution in [3.63, 3.8) is 0 Å². The number of rotatable bonds is 11. The smallest absolute Gasteiger partial charge is 0.309 e. The molecule has 1 fully saturated rings. The van der Waals surface area contributed by atoms with Crippen LogP contribution >= 0.6 is 0 Å². The van der Waals surface area contributed by atoms with E-state index in [-0.39, 0.29) is 18.2 Å². The third-order valence-electron chi connectivity index (χ3n) is 5.56. The van der Waals surface area contributed by atoms with E-state index in [2.05, 4.69) is 13.8 Å². The summed E-state index contributed by atoms with van der Waals surface area (Å²) in [6.07, 6.45) is 2.88. The minimum atomic E-state index is -0.709. The molecule has 2 atom stereocenters. The molecule has 0 saturated carbocycles. The van der Waals surface area contributed by atoms with Crippen molar-refractivity contribution in [2.75, 3.05) is 33.5 Å². The molecule has 1 heterocycles. The molecule has 0 aliphatic carbocycles. The number of esters is 1. The Balaban J connectivity index is 1.92. The minimum Gasteiger partial charge on any atom is -0.491 e. The van der Waals surface area contributed by atoms with E-state index < -0.39 is 18.2 Å². The minimum absolute atomic E-state index is 0.0175. The summed E-state index contributed by atoms with van der Waals surface area (Å²) >= 11 is 0. The number of ether oxygens (including phenoxy) is 4. The van der Waals surface area contributed by atoms with Crippen molar-refractivity contribution in [3.8, 4) is 16.9 Å². The second-order valence-electron chi connectivity index (χ2n) is 8.57. The molecule has 6 nitrogen and oxygen atoms in total. The molecule has 3 rings (SSSR count). The summed E-state index contributed by atoms with van der Waals surface area (Å²) in [5.41, 5.74) is 3.68. The van der Waals surface area contributed by atoms with Gasteiger partial charge < -0.3 is 24.1 Å². The van der Waals surface area contributed by atoms with E-state index in [0.717, 1.165) is 22.3 Å². The van der Waals surface area contributed by atoms with Crippen molar-refractivity contribution < 1.29 is 33.2 Å². The highest BCUT2D eigenvalue weighted by Crippen LogP contribution is 2.36. The Morgan fingerprint density at radius 3 is 2.56 bits per heavy atom. The van der Waals surface area contributed by atoms with Crippen LogP contribution in [0.1, 0.15) is 43.7 Å². The summed E-state index contributed by atoms with van der Waals surface area (Å²) in [4.78, 5) is 11.7. The molecule has 1 N–H and O–H groups in total. The van der Waals surface area contributed by atoms with Gasteiger partial charge in [0.1, 0.15) is 24.3 Å². The quantitative estimate of drug-likeness (QED) is 0.376. The number of benzene rings is 2. The zero-order valence-corrected chi connectivity index (χ0v) is 20.0. The second kappa shape index (κ2) is 12.6. The van der Waals surface area contributed by atoms with Crippen LogP contribution in [0.2, 0.25) is 0 Å². The maximum absolute atomic E-state index is 13.6. The van der Waals surface area contributed by atoms with Gasteiger partial charge >= 0.3 is 5.97 Å². The number of methoxy groups -OCH3 is 1. The first-order chi connectivity index (χ1) is 16.4. The second-order valence-corrected chi connectivity index (χ2v) is 8.57. The lowest BCUT2D eigenvalue weighted by molar-refractivity contribution is -0.156. The fraction of sp³-hybridized carbons (Fsp3) is 0.444. The molecule has 1 aliphatic rings. The molecule has 7 heteroatoms. The molecular weight excluding hydrogens is 439 g/mol. The highest BCUT2D eigenvalue weighted by atomic mass is 19.1. The molecule has 2 aromatic rings. The van der Waals surface area contributed by atoms with Crippen molar-refractivity contribution >= 4 is 12.0 Å². The van der Waals surface area contributed by atoms with Crippen molar-refractivity contribution in [1.82, 2.24) is 0 Å². The van der Waals surface area contributed by atoms with E-state index in [1.165, 1.54) is 12.1 Å². The molecule has 0 aromatic heterocycles. The lowest BCUT2D eigenvalue weighted by Crippen LogP contribution is -2.31. The average molecular weight is 473 g/mol. The Kier molecular flexibility index (Phi) is 9.62. The summed E-state index contributed by atoms with van der Waals surface area (Å²) in [5, 5.41) is 9.93. The average Bonchev–Trinajstić information content (AvgIpc) is 2.79. The van der Waals surface area contributed by atoms with Gasteiger partial charge in [-0.1, -0.05) is 32.1 Å². The molecule has 34 heavy (non-hydrogen) atoms. The molecule has 1 saturated heterocycles. The zero-order chi connectivity index (χ0) is 24.5. The van der Waals surface area contributed by atoms with Crippen LogP contribution < -0.4 is 4.74 Å². The maximum Gasteiger partial charge on any atom is 0.309 e. The Morgan fingerprint density at radius 1 is 1.15 bits per heavy atom. The van der Waals surface area contributed by atoms with E-state index in [9.17, 15) is 14.3 Å². The van der Waals surface area contributed by atoms with Crippen molar-refractivity contribution in [3.05, 3.63) is 59.4 Å². The number of cyclic esters (lactones) is 1. The van der Waals surface area contributed by atoms with Crippen LogP contribution in [0.5, 0.6) is 5.75 Å². The van der Waals surface area contributed by atoms with Crippen LogP contribution in [0.3, 0.4) is 0 Å². The van der Waals surface area contributed by atoms with Gasteiger partial charge in [-0.25, -0.2) is 4.39 Å². The summed E-state index contributed by atoms with van der Waals surface area (Å²) in [6.45, 7) is 6.02. The predicted octanol–water partition coefficient (Wildman–Crippen LogP) is 4.74. The highest BCUT2D eigenvalue weighted by molar-refractivity contribution is 5.79. The van der Waals surface area contributed by atoms with Crippen LogP contribution in [-0.4, -0.2) is 56.8 Å². The van der Waals surface area contributed by atoms with E-state index >= 15 is 0 Å². The number of carbonyl (C=O) groups excluding carboxylic acids is 1. The van der Waals surface area contributed by atoms with Gasteiger partial charge in [0.05, 0.1) is 32.3 Å². The summed E-state index contributed by atoms with van der Waals surface area (Å²) in [5.74, 6) is 0.135. The monoisotopic (exact) mass is 472 g/mol. The molecule has 184 valence electrons. The third kappa shape index (κ3) is 7.38. The predicted molar refractivity (Wildman–Crippen MR) is 128 cm³/mol. The first-order valence-electron chi connectivity index (χ1n) is 11.6. The van der Waals surface area contributed by atoms with Gasteiger partial charge in [-0.15, -0.1) is 0 Å². The largest absolute Gasteiger partial charge is 0.491 e.